The van der Waals surface area contributed by atoms with Gasteiger partial charge in [0.05, 0.1) is 17.0 Å². The molecule has 4 rings (SSSR count). The average Bonchev–Trinajstić information content (AvgIpc) is 2.76. The zero-order valence-electron chi connectivity index (χ0n) is 18.8. The van der Waals surface area contributed by atoms with Crippen molar-refractivity contribution in [3.8, 4) is 0 Å². The van der Waals surface area contributed by atoms with Gasteiger partial charge in [-0.2, -0.15) is 18.3 Å². The number of likely N-dealkylation sites (N-methyl/N-ethyl adjacent to an activating group) is 1. The van der Waals surface area contributed by atoms with E-state index in [4.69, 9.17) is 5.73 Å². The van der Waals surface area contributed by atoms with Crippen LogP contribution in [-0.2, 0) is 13.2 Å². The molecule has 1 saturated heterocycles. The third kappa shape index (κ3) is 4.75. The lowest BCUT2D eigenvalue weighted by atomic mass is 10.0. The Labute approximate surface area is 189 Å². The van der Waals surface area contributed by atoms with E-state index in [1.165, 1.54) is 10.7 Å². The van der Waals surface area contributed by atoms with E-state index in [0.29, 0.717) is 22.2 Å². The molecule has 2 heterocycles. The Kier molecular flexibility index (Phi) is 5.96. The Hall–Kier alpha value is -3.27. The number of hydrogen-bond donors (Lipinski definition) is 2. The van der Waals surface area contributed by atoms with E-state index in [-0.39, 0.29) is 11.2 Å². The molecule has 0 amide bonds. The number of aromatic nitrogens is 2. The van der Waals surface area contributed by atoms with Crippen LogP contribution in [0.5, 0.6) is 0 Å². The van der Waals surface area contributed by atoms with Crippen molar-refractivity contribution in [2.75, 3.05) is 49.2 Å². The van der Waals surface area contributed by atoms with Gasteiger partial charge in [-0.1, -0.05) is 0 Å². The van der Waals surface area contributed by atoms with E-state index >= 15 is 0 Å². The molecule has 1 unspecified atom stereocenters. The van der Waals surface area contributed by atoms with Gasteiger partial charge in [-0.05, 0) is 55.9 Å². The van der Waals surface area contributed by atoms with Gasteiger partial charge in [0.25, 0.3) is 5.56 Å². The van der Waals surface area contributed by atoms with Crippen molar-refractivity contribution in [3.05, 3.63) is 57.9 Å². The van der Waals surface area contributed by atoms with Crippen molar-refractivity contribution in [1.82, 2.24) is 14.7 Å². The highest BCUT2D eigenvalue weighted by molar-refractivity contribution is 5.93. The monoisotopic (exact) mass is 460 g/mol. The zero-order valence-corrected chi connectivity index (χ0v) is 18.8. The van der Waals surface area contributed by atoms with Crippen molar-refractivity contribution >= 4 is 28.0 Å². The Morgan fingerprint density at radius 1 is 1.03 bits per heavy atom. The second kappa shape index (κ2) is 8.58. The third-order valence-electron chi connectivity index (χ3n) is 6.06. The number of nitrogens with zero attached hydrogens (tertiary/aromatic N) is 4. The van der Waals surface area contributed by atoms with E-state index in [9.17, 15) is 18.0 Å². The smallest absolute Gasteiger partial charge is 0.399 e. The number of aryl methyl sites for hydroxylation is 1. The van der Waals surface area contributed by atoms with Crippen molar-refractivity contribution in [2.45, 2.75) is 19.1 Å². The van der Waals surface area contributed by atoms with Crippen LogP contribution in [0.15, 0.2) is 41.2 Å². The molecule has 0 radical (unpaired) electrons. The van der Waals surface area contributed by atoms with Gasteiger partial charge in [0.1, 0.15) is 0 Å². The molecule has 3 N–H and O–H groups in total. The van der Waals surface area contributed by atoms with Gasteiger partial charge in [-0.15, -0.1) is 0 Å². The maximum Gasteiger partial charge on any atom is 0.416 e. The van der Waals surface area contributed by atoms with Crippen molar-refractivity contribution in [3.63, 3.8) is 0 Å². The molecule has 1 aromatic heterocycles. The van der Waals surface area contributed by atoms with Crippen LogP contribution in [0.2, 0.25) is 0 Å². The van der Waals surface area contributed by atoms with Crippen LogP contribution >= 0.6 is 0 Å². The number of nitrogens with two attached hydrogens (primary N) is 1. The first-order valence-corrected chi connectivity index (χ1v) is 10.7. The largest absolute Gasteiger partial charge is 0.416 e. The lowest BCUT2D eigenvalue weighted by Crippen LogP contribution is -2.44. The molecular weight excluding hydrogens is 433 g/mol. The van der Waals surface area contributed by atoms with Gasteiger partial charge in [-0.3, -0.25) is 4.79 Å². The first kappa shape index (κ1) is 22.9. The van der Waals surface area contributed by atoms with Gasteiger partial charge < -0.3 is 20.9 Å². The number of benzene rings is 2. The number of rotatable bonds is 4. The van der Waals surface area contributed by atoms with E-state index in [2.05, 4.69) is 27.3 Å². The number of nitrogens with one attached hydrogen (secondary N) is 1. The number of fused-ring (bicyclic) bond motifs is 1. The number of hydrogen-bond acceptors (Lipinski definition) is 6. The summed E-state index contributed by atoms with van der Waals surface area (Å²) in [6.07, 6.45) is -4.50. The number of piperazine rings is 1. The molecule has 0 spiro atoms. The van der Waals surface area contributed by atoms with Crippen molar-refractivity contribution < 1.29 is 13.2 Å². The van der Waals surface area contributed by atoms with Gasteiger partial charge >= 0.3 is 6.18 Å². The van der Waals surface area contributed by atoms with Crippen molar-refractivity contribution in [1.29, 1.82) is 0 Å². The molecule has 0 aliphatic carbocycles. The van der Waals surface area contributed by atoms with Gasteiger partial charge in [0, 0.05) is 50.0 Å². The fraction of sp³-hybridized carbons (Fsp3) is 0.391. The Morgan fingerprint density at radius 3 is 2.39 bits per heavy atom. The molecule has 176 valence electrons. The fourth-order valence-electron chi connectivity index (χ4n) is 4.08. The van der Waals surface area contributed by atoms with Gasteiger partial charge in [-0.25, -0.2) is 4.68 Å². The summed E-state index contributed by atoms with van der Waals surface area (Å²) in [4.78, 5) is 17.2. The number of nitrogen functional groups attached to an aromatic ring is 1. The maximum absolute atomic E-state index is 13.3. The quantitative estimate of drug-likeness (QED) is 0.581. The molecular formula is C23H27F3N6O. The second-order valence-corrected chi connectivity index (χ2v) is 8.55. The zero-order chi connectivity index (χ0) is 23.9. The molecule has 3 aromatic rings. The summed E-state index contributed by atoms with van der Waals surface area (Å²) in [6, 6.07) is 8.60. The molecule has 0 bridgehead atoms. The van der Waals surface area contributed by atoms with Crippen LogP contribution in [-0.4, -0.2) is 47.9 Å². The second-order valence-electron chi connectivity index (χ2n) is 8.55. The minimum absolute atomic E-state index is 0.0316. The Bertz CT molecular complexity index is 1230. The summed E-state index contributed by atoms with van der Waals surface area (Å²) >= 11 is 0. The predicted octanol–water partition coefficient (Wildman–Crippen LogP) is 3.46. The summed E-state index contributed by atoms with van der Waals surface area (Å²) < 4.78 is 41.0. The van der Waals surface area contributed by atoms with E-state index in [1.807, 2.05) is 12.1 Å². The van der Waals surface area contributed by atoms with E-state index in [0.717, 1.165) is 44.0 Å². The fourth-order valence-corrected chi connectivity index (χ4v) is 4.08. The average molecular weight is 461 g/mol. The minimum Gasteiger partial charge on any atom is -0.399 e. The van der Waals surface area contributed by atoms with Gasteiger partial charge in [0.2, 0.25) is 0 Å². The standard InChI is InChI=1S/C23H27F3N6O/c1-14(15-10-16(23(24,25)26)12-17(27)11-15)28-21-20-13-18(32-8-6-30(2)7-9-32)4-5-19(20)22(33)31(3)29-21/h4-5,10-14H,6-9,27H2,1-3H3,(H,28,29). The first-order valence-electron chi connectivity index (χ1n) is 10.7. The number of halogens is 3. The molecule has 1 atom stereocenters. The summed E-state index contributed by atoms with van der Waals surface area (Å²) in [6.45, 7) is 5.34. The SMILES string of the molecule is CC(Nc1nn(C)c(=O)c2ccc(N3CCN(C)CC3)cc12)c1cc(N)cc(C(F)(F)F)c1. The lowest BCUT2D eigenvalue weighted by molar-refractivity contribution is -0.137. The summed E-state index contributed by atoms with van der Waals surface area (Å²) in [5, 5.41) is 8.68. The molecule has 10 heteroatoms. The van der Waals surface area contributed by atoms with E-state index < -0.39 is 17.8 Å². The lowest BCUT2D eigenvalue weighted by Gasteiger charge is -2.34. The molecule has 1 fully saturated rings. The highest BCUT2D eigenvalue weighted by Gasteiger charge is 2.31. The summed E-state index contributed by atoms with van der Waals surface area (Å²) in [7, 11) is 3.63. The minimum atomic E-state index is -4.50. The molecule has 7 nitrogen and oxygen atoms in total. The van der Waals surface area contributed by atoms with Gasteiger partial charge in [0.15, 0.2) is 5.82 Å². The number of alkyl halides is 3. The Morgan fingerprint density at radius 2 is 1.73 bits per heavy atom. The first-order chi connectivity index (χ1) is 15.5. The highest BCUT2D eigenvalue weighted by Crippen LogP contribution is 2.34. The molecule has 1 aliphatic rings. The van der Waals surface area contributed by atoms with Crippen LogP contribution in [0.3, 0.4) is 0 Å². The van der Waals surface area contributed by atoms with E-state index in [1.54, 1.807) is 20.0 Å². The molecule has 1 aliphatic heterocycles. The topological polar surface area (TPSA) is 79.4 Å². The Balaban J connectivity index is 1.72. The molecule has 0 saturated carbocycles. The maximum atomic E-state index is 13.3. The van der Waals surface area contributed by atoms with Crippen LogP contribution in [0.25, 0.3) is 10.8 Å². The summed E-state index contributed by atoms with van der Waals surface area (Å²) in [5.74, 6) is 0.423. The van der Waals surface area contributed by atoms with Crippen LogP contribution in [0.4, 0.5) is 30.4 Å². The molecule has 33 heavy (non-hydrogen) atoms. The normalized spacial score (nSPS) is 16.2. The predicted molar refractivity (Wildman–Crippen MR) is 125 cm³/mol. The summed E-state index contributed by atoms with van der Waals surface area (Å²) in [5.41, 5.74) is 6.08. The van der Waals surface area contributed by atoms with Crippen molar-refractivity contribution in [2.24, 2.45) is 7.05 Å². The van der Waals surface area contributed by atoms with Crippen LogP contribution in [0.1, 0.15) is 24.1 Å². The molecule has 2 aromatic carbocycles. The highest BCUT2D eigenvalue weighted by atomic mass is 19.4. The van der Waals surface area contributed by atoms with Crippen LogP contribution in [0, 0.1) is 0 Å². The van der Waals surface area contributed by atoms with Crippen LogP contribution < -0.4 is 21.5 Å². The number of anilines is 3. The third-order valence-corrected chi connectivity index (χ3v) is 6.06.